The fourth-order valence-corrected chi connectivity index (χ4v) is 1.17. The summed E-state index contributed by atoms with van der Waals surface area (Å²) >= 11 is 0. The minimum atomic E-state index is -1.05. The van der Waals surface area contributed by atoms with Crippen LogP contribution in [0.5, 0.6) is 0 Å². The van der Waals surface area contributed by atoms with Gasteiger partial charge in [0.2, 0.25) is 5.91 Å². The van der Waals surface area contributed by atoms with Gasteiger partial charge in [0.25, 0.3) is 0 Å². The summed E-state index contributed by atoms with van der Waals surface area (Å²) in [7, 11) is 0. The van der Waals surface area contributed by atoms with Crippen LogP contribution in [0.4, 0.5) is 0 Å². The number of carbonyl (C=O) groups excluding carboxylic acids is 1. The van der Waals surface area contributed by atoms with E-state index >= 15 is 0 Å². The summed E-state index contributed by atoms with van der Waals surface area (Å²) in [5.41, 5.74) is 0. The highest BCUT2D eigenvalue weighted by molar-refractivity contribution is 5.87. The number of rotatable bonds is 2. The fraction of sp³-hybridized carbons (Fsp3) is 0.667. The predicted molar refractivity (Wildman–Crippen MR) is 34.6 cm³/mol. The number of nitrogens with zero attached hydrogens (tertiary/aromatic N) is 1. The molecule has 62 valence electrons. The third kappa shape index (κ3) is 1.32. The lowest BCUT2D eigenvalue weighted by molar-refractivity contribution is -0.148. The van der Waals surface area contributed by atoms with Gasteiger partial charge in [-0.25, -0.2) is 4.79 Å². The van der Waals surface area contributed by atoms with E-state index < -0.39 is 18.7 Å². The van der Waals surface area contributed by atoms with Crippen LogP contribution in [0.3, 0.4) is 0 Å². The zero-order valence-electron chi connectivity index (χ0n) is 5.86. The van der Waals surface area contributed by atoms with E-state index in [2.05, 4.69) is 0 Å². The molecule has 11 heavy (non-hydrogen) atoms. The molecule has 0 saturated carbocycles. The van der Waals surface area contributed by atoms with Gasteiger partial charge in [-0.3, -0.25) is 4.79 Å². The largest absolute Gasteiger partial charge is 0.480 e. The van der Waals surface area contributed by atoms with Crippen molar-refractivity contribution in [3.63, 3.8) is 0 Å². The first-order valence-electron chi connectivity index (χ1n) is 3.30. The third-order valence-corrected chi connectivity index (χ3v) is 1.77. The smallest absolute Gasteiger partial charge is 0.326 e. The second-order valence-electron chi connectivity index (χ2n) is 2.40. The van der Waals surface area contributed by atoms with Crippen LogP contribution in [0.25, 0.3) is 0 Å². The molecule has 0 bridgehead atoms. The van der Waals surface area contributed by atoms with Crippen LogP contribution in [0.15, 0.2) is 0 Å². The number of aliphatic hydroxyl groups is 1. The van der Waals surface area contributed by atoms with Crippen molar-refractivity contribution in [2.75, 3.05) is 6.73 Å². The monoisotopic (exact) mass is 159 g/mol. The molecule has 0 aromatic carbocycles. The van der Waals surface area contributed by atoms with Gasteiger partial charge in [0.05, 0.1) is 0 Å². The maximum atomic E-state index is 10.8. The molecule has 2 N–H and O–H groups in total. The van der Waals surface area contributed by atoms with Crippen LogP contribution in [0.1, 0.15) is 12.8 Å². The number of hydrogen-bond donors (Lipinski definition) is 2. The Morgan fingerprint density at radius 2 is 2.36 bits per heavy atom. The van der Waals surface area contributed by atoms with E-state index in [0.717, 1.165) is 4.90 Å². The number of carboxylic acid groups (broad SMARTS) is 1. The van der Waals surface area contributed by atoms with Gasteiger partial charge in [-0.1, -0.05) is 0 Å². The van der Waals surface area contributed by atoms with E-state index in [1.807, 2.05) is 0 Å². The van der Waals surface area contributed by atoms with Crippen LogP contribution in [-0.2, 0) is 9.59 Å². The molecule has 1 fully saturated rings. The molecule has 1 aliphatic heterocycles. The maximum Gasteiger partial charge on any atom is 0.326 e. The topological polar surface area (TPSA) is 77.8 Å². The molecule has 5 heteroatoms. The van der Waals surface area contributed by atoms with Crippen molar-refractivity contribution < 1.29 is 19.8 Å². The highest BCUT2D eigenvalue weighted by Gasteiger charge is 2.35. The van der Waals surface area contributed by atoms with Crippen LogP contribution in [0, 0.1) is 0 Å². The van der Waals surface area contributed by atoms with Gasteiger partial charge in [-0.15, -0.1) is 0 Å². The summed E-state index contributed by atoms with van der Waals surface area (Å²) in [5, 5.41) is 17.1. The summed E-state index contributed by atoms with van der Waals surface area (Å²) in [6.07, 6.45) is 0.520. The van der Waals surface area contributed by atoms with Gasteiger partial charge in [0.15, 0.2) is 0 Å². The molecule has 1 atom stereocenters. The van der Waals surface area contributed by atoms with E-state index in [1.54, 1.807) is 0 Å². The second-order valence-corrected chi connectivity index (χ2v) is 2.40. The Morgan fingerprint density at radius 3 is 2.73 bits per heavy atom. The van der Waals surface area contributed by atoms with Crippen LogP contribution in [-0.4, -0.2) is 39.8 Å². The van der Waals surface area contributed by atoms with Gasteiger partial charge >= 0.3 is 5.97 Å². The molecule has 5 nitrogen and oxygen atoms in total. The number of amides is 1. The predicted octanol–water partition coefficient (Wildman–Crippen LogP) is -0.988. The summed E-state index contributed by atoms with van der Waals surface area (Å²) in [5.74, 6) is -1.34. The molecule has 0 unspecified atom stereocenters. The maximum absolute atomic E-state index is 10.8. The zero-order chi connectivity index (χ0) is 8.43. The SMILES string of the molecule is O=C(O)[C@@H]1CCC(=O)N1CO. The molecule has 0 aromatic rings. The zero-order valence-corrected chi connectivity index (χ0v) is 5.86. The first-order chi connectivity index (χ1) is 5.16. The van der Waals surface area contributed by atoms with Gasteiger partial charge in [-0.2, -0.15) is 0 Å². The van der Waals surface area contributed by atoms with E-state index in [0.29, 0.717) is 6.42 Å². The van der Waals surface area contributed by atoms with Crippen LogP contribution < -0.4 is 0 Å². The molecule has 0 aromatic heterocycles. The van der Waals surface area contributed by atoms with Gasteiger partial charge in [0, 0.05) is 6.42 Å². The van der Waals surface area contributed by atoms with Crippen molar-refractivity contribution in [1.29, 1.82) is 0 Å². The average molecular weight is 159 g/mol. The van der Waals surface area contributed by atoms with Crippen molar-refractivity contribution in [3.05, 3.63) is 0 Å². The Morgan fingerprint density at radius 1 is 1.73 bits per heavy atom. The molecule has 0 aliphatic carbocycles. The Bertz CT molecular complexity index is 191. The van der Waals surface area contributed by atoms with Crippen molar-refractivity contribution in [2.24, 2.45) is 0 Å². The highest BCUT2D eigenvalue weighted by atomic mass is 16.4. The van der Waals surface area contributed by atoms with Crippen molar-refractivity contribution >= 4 is 11.9 Å². The number of aliphatic carboxylic acids is 1. The Hall–Kier alpha value is -1.10. The molecular formula is C6H9NO4. The summed E-state index contributed by atoms with van der Waals surface area (Å²) in [4.78, 5) is 22.2. The minimum Gasteiger partial charge on any atom is -0.480 e. The van der Waals surface area contributed by atoms with E-state index in [4.69, 9.17) is 10.2 Å². The van der Waals surface area contributed by atoms with E-state index in [-0.39, 0.29) is 12.3 Å². The quantitative estimate of drug-likeness (QED) is 0.542. The number of aliphatic hydroxyl groups excluding tert-OH is 1. The minimum absolute atomic E-state index is 0.220. The third-order valence-electron chi connectivity index (χ3n) is 1.77. The van der Waals surface area contributed by atoms with Crippen LogP contribution in [0.2, 0.25) is 0 Å². The Balaban J connectivity index is 2.68. The molecule has 1 saturated heterocycles. The molecule has 0 radical (unpaired) electrons. The Labute approximate surface area is 63.2 Å². The molecular weight excluding hydrogens is 150 g/mol. The lowest BCUT2D eigenvalue weighted by Crippen LogP contribution is -2.38. The second kappa shape index (κ2) is 2.87. The lowest BCUT2D eigenvalue weighted by atomic mass is 10.2. The standard InChI is InChI=1S/C6H9NO4/c8-3-7-4(6(10)11)1-2-5(7)9/h4,8H,1-3H2,(H,10,11)/t4-/m0/s1. The molecule has 1 amide bonds. The van der Waals surface area contributed by atoms with Gasteiger partial charge in [-0.05, 0) is 6.42 Å². The summed E-state index contributed by atoms with van der Waals surface area (Å²) < 4.78 is 0. The first-order valence-corrected chi connectivity index (χ1v) is 3.30. The normalized spacial score (nSPS) is 24.3. The average Bonchev–Trinajstić information content (AvgIpc) is 2.30. The summed E-state index contributed by atoms with van der Waals surface area (Å²) in [6, 6.07) is -0.826. The van der Waals surface area contributed by atoms with E-state index in [9.17, 15) is 9.59 Å². The Kier molecular flexibility index (Phi) is 2.09. The molecule has 1 aliphatic rings. The number of likely N-dealkylation sites (tertiary alicyclic amines) is 1. The first kappa shape index (κ1) is 8.00. The van der Waals surface area contributed by atoms with Crippen molar-refractivity contribution in [3.8, 4) is 0 Å². The number of carboxylic acids is 1. The van der Waals surface area contributed by atoms with Crippen molar-refractivity contribution in [2.45, 2.75) is 18.9 Å². The molecule has 0 spiro atoms. The molecule has 1 rings (SSSR count). The van der Waals surface area contributed by atoms with E-state index in [1.165, 1.54) is 0 Å². The number of hydrogen-bond acceptors (Lipinski definition) is 3. The number of carbonyl (C=O) groups is 2. The van der Waals surface area contributed by atoms with Crippen molar-refractivity contribution in [1.82, 2.24) is 4.90 Å². The van der Waals surface area contributed by atoms with Gasteiger partial charge < -0.3 is 15.1 Å². The van der Waals surface area contributed by atoms with Gasteiger partial charge in [0.1, 0.15) is 12.8 Å². The lowest BCUT2D eigenvalue weighted by Gasteiger charge is -2.17. The fourth-order valence-electron chi connectivity index (χ4n) is 1.17. The van der Waals surface area contributed by atoms with Crippen LogP contribution >= 0.6 is 0 Å². The highest BCUT2D eigenvalue weighted by Crippen LogP contribution is 2.17. The molecule has 1 heterocycles. The summed E-state index contributed by atoms with van der Waals surface area (Å²) in [6.45, 7) is -0.504.